The zero-order valence-corrected chi connectivity index (χ0v) is 6.76. The highest BCUT2D eigenvalue weighted by Gasteiger charge is 1.98. The molecule has 50 valence electrons. The second kappa shape index (κ2) is 4.33. The van der Waals surface area contributed by atoms with Crippen LogP contribution in [0.4, 0.5) is 0 Å². The first-order chi connectivity index (χ1) is 3.66. The summed E-state index contributed by atoms with van der Waals surface area (Å²) in [6.07, 6.45) is 0. The minimum atomic E-state index is -0.792. The normalized spacial score (nSPS) is 14.5. The lowest BCUT2D eigenvalue weighted by molar-refractivity contribution is 0.668. The molecule has 0 saturated carbocycles. The van der Waals surface area contributed by atoms with Crippen molar-refractivity contribution in [2.45, 2.75) is 13.8 Å². The Balaban J connectivity index is 3.25. The van der Waals surface area contributed by atoms with Gasteiger partial charge in [0.05, 0.1) is 5.21 Å². The molecule has 0 rings (SSSR count). The molecule has 1 unspecified atom stereocenters. The van der Waals surface area contributed by atoms with Gasteiger partial charge in [-0.3, -0.25) is 4.21 Å². The Kier molecular flexibility index (Phi) is 4.57. The summed E-state index contributed by atoms with van der Waals surface area (Å²) in [5.41, 5.74) is 0. The molecule has 0 N–H and O–H groups in total. The third kappa shape index (κ3) is 4.60. The lowest BCUT2D eigenvalue weighted by Crippen LogP contribution is -2.04. The van der Waals surface area contributed by atoms with E-state index in [1.807, 2.05) is 13.8 Å². The lowest BCUT2D eigenvalue weighted by Gasteiger charge is -1.99. The van der Waals surface area contributed by atoms with E-state index in [1.165, 1.54) is 0 Å². The summed E-state index contributed by atoms with van der Waals surface area (Å²) in [5.74, 6) is 1.22. The summed E-state index contributed by atoms with van der Waals surface area (Å²) >= 11 is 5.30. The molecule has 0 radical (unpaired) electrons. The largest absolute Gasteiger partial charge is 0.258 e. The Labute approximate surface area is 57.9 Å². The molecule has 0 bridgehead atoms. The molecular weight excluding hydrogens is 144 g/mol. The van der Waals surface area contributed by atoms with E-state index in [0.29, 0.717) is 5.92 Å². The number of alkyl halides is 1. The van der Waals surface area contributed by atoms with Crippen molar-refractivity contribution >= 4 is 22.4 Å². The van der Waals surface area contributed by atoms with E-state index in [-0.39, 0.29) is 5.21 Å². The average molecular weight is 155 g/mol. The van der Waals surface area contributed by atoms with Crippen molar-refractivity contribution in [2.24, 2.45) is 5.92 Å². The minimum Gasteiger partial charge on any atom is -0.258 e. The average Bonchev–Trinajstić information content (AvgIpc) is 1.65. The van der Waals surface area contributed by atoms with Crippen molar-refractivity contribution in [2.75, 3.05) is 11.0 Å². The Morgan fingerprint density at radius 2 is 2.12 bits per heavy atom. The number of halogens is 1. The van der Waals surface area contributed by atoms with Crippen LogP contribution in [0.1, 0.15) is 13.8 Å². The number of hydrogen-bond donors (Lipinski definition) is 0. The third-order valence-corrected chi connectivity index (χ3v) is 2.65. The predicted octanol–water partition coefficient (Wildman–Crippen LogP) is 1.59. The fraction of sp³-hybridized carbons (Fsp3) is 1.00. The zero-order valence-electron chi connectivity index (χ0n) is 5.19. The summed E-state index contributed by atoms with van der Waals surface area (Å²) < 4.78 is 10.6. The van der Waals surface area contributed by atoms with Crippen LogP contribution in [0.25, 0.3) is 0 Å². The van der Waals surface area contributed by atoms with E-state index < -0.39 is 10.8 Å². The third-order valence-electron chi connectivity index (χ3n) is 0.641. The Morgan fingerprint density at radius 1 is 1.62 bits per heavy atom. The van der Waals surface area contributed by atoms with Gasteiger partial charge in [-0.2, -0.15) is 0 Å². The van der Waals surface area contributed by atoms with Gasteiger partial charge in [0.25, 0.3) is 0 Å². The summed E-state index contributed by atoms with van der Waals surface area (Å²) in [4.78, 5) is 0. The molecule has 0 saturated heterocycles. The van der Waals surface area contributed by atoms with Crippen LogP contribution in [-0.4, -0.2) is 15.2 Å². The van der Waals surface area contributed by atoms with Crippen LogP contribution in [-0.2, 0) is 10.8 Å². The Hall–Kier alpha value is 0.440. The fourth-order valence-electron chi connectivity index (χ4n) is 0.416. The minimum absolute atomic E-state index is 0.276. The van der Waals surface area contributed by atoms with Gasteiger partial charge >= 0.3 is 0 Å². The van der Waals surface area contributed by atoms with Crippen molar-refractivity contribution in [3.05, 3.63) is 0 Å². The smallest absolute Gasteiger partial charge is 0.0979 e. The molecule has 0 fully saturated rings. The van der Waals surface area contributed by atoms with E-state index >= 15 is 0 Å². The van der Waals surface area contributed by atoms with Crippen molar-refractivity contribution < 1.29 is 4.21 Å². The van der Waals surface area contributed by atoms with Crippen LogP contribution in [0.3, 0.4) is 0 Å². The van der Waals surface area contributed by atoms with Gasteiger partial charge in [0.1, 0.15) is 0 Å². The lowest BCUT2D eigenvalue weighted by atomic mass is 10.3. The first-order valence-corrected chi connectivity index (χ1v) is 4.60. The van der Waals surface area contributed by atoms with Crippen molar-refractivity contribution in [1.82, 2.24) is 0 Å². The van der Waals surface area contributed by atoms with E-state index in [1.54, 1.807) is 0 Å². The molecule has 0 aromatic rings. The highest BCUT2D eigenvalue weighted by molar-refractivity contribution is 7.86. The maximum absolute atomic E-state index is 10.6. The van der Waals surface area contributed by atoms with Gasteiger partial charge in [-0.25, -0.2) is 0 Å². The SMILES string of the molecule is CC(C)CS(=O)CCl. The second-order valence-electron chi connectivity index (χ2n) is 2.11. The Morgan fingerprint density at radius 3 is 2.25 bits per heavy atom. The van der Waals surface area contributed by atoms with E-state index in [9.17, 15) is 4.21 Å². The first-order valence-electron chi connectivity index (χ1n) is 2.57. The maximum Gasteiger partial charge on any atom is 0.0979 e. The molecule has 0 aliphatic heterocycles. The van der Waals surface area contributed by atoms with Crippen molar-refractivity contribution in [3.63, 3.8) is 0 Å². The molecule has 0 aromatic carbocycles. The molecule has 0 amide bonds. The number of rotatable bonds is 3. The van der Waals surface area contributed by atoms with Crippen LogP contribution < -0.4 is 0 Å². The van der Waals surface area contributed by atoms with E-state index in [0.717, 1.165) is 5.75 Å². The van der Waals surface area contributed by atoms with Crippen LogP contribution in [0.5, 0.6) is 0 Å². The van der Waals surface area contributed by atoms with Crippen LogP contribution >= 0.6 is 11.6 Å². The molecule has 0 aliphatic rings. The fourth-order valence-corrected chi connectivity index (χ4v) is 1.52. The van der Waals surface area contributed by atoms with Crippen LogP contribution in [0, 0.1) is 5.92 Å². The maximum atomic E-state index is 10.6. The summed E-state index contributed by atoms with van der Waals surface area (Å²) in [7, 11) is -0.792. The predicted molar refractivity (Wildman–Crippen MR) is 38.6 cm³/mol. The molecular formula is C5H11ClOS. The van der Waals surface area contributed by atoms with Gasteiger partial charge in [0.15, 0.2) is 0 Å². The summed E-state index contributed by atoms with van der Waals surface area (Å²) in [5, 5.41) is 0.276. The molecule has 3 heteroatoms. The molecule has 8 heavy (non-hydrogen) atoms. The van der Waals surface area contributed by atoms with Crippen LogP contribution in [0.15, 0.2) is 0 Å². The van der Waals surface area contributed by atoms with Gasteiger partial charge in [-0.05, 0) is 5.92 Å². The van der Waals surface area contributed by atoms with E-state index in [4.69, 9.17) is 11.6 Å². The molecule has 0 spiro atoms. The molecule has 0 heterocycles. The van der Waals surface area contributed by atoms with Crippen molar-refractivity contribution in [1.29, 1.82) is 0 Å². The molecule has 1 nitrogen and oxygen atoms in total. The van der Waals surface area contributed by atoms with Gasteiger partial charge in [-0.15, -0.1) is 11.6 Å². The van der Waals surface area contributed by atoms with E-state index in [2.05, 4.69) is 0 Å². The van der Waals surface area contributed by atoms with Gasteiger partial charge in [0.2, 0.25) is 0 Å². The van der Waals surface area contributed by atoms with Crippen molar-refractivity contribution in [3.8, 4) is 0 Å². The number of hydrogen-bond acceptors (Lipinski definition) is 1. The summed E-state index contributed by atoms with van der Waals surface area (Å²) in [6, 6.07) is 0. The zero-order chi connectivity index (χ0) is 6.57. The highest BCUT2D eigenvalue weighted by atomic mass is 35.5. The monoisotopic (exact) mass is 154 g/mol. The quantitative estimate of drug-likeness (QED) is 0.565. The molecule has 0 aliphatic carbocycles. The molecule has 1 atom stereocenters. The summed E-state index contributed by atoms with van der Waals surface area (Å²) in [6.45, 7) is 4.06. The highest BCUT2D eigenvalue weighted by Crippen LogP contribution is 1.96. The molecule has 0 aromatic heterocycles. The second-order valence-corrected chi connectivity index (χ2v) is 4.20. The van der Waals surface area contributed by atoms with Crippen LogP contribution in [0.2, 0.25) is 0 Å². The first kappa shape index (κ1) is 8.44. The van der Waals surface area contributed by atoms with Gasteiger partial charge in [-0.1, -0.05) is 13.8 Å². The Bertz CT molecular complexity index is 82.5. The standard InChI is InChI=1S/C5H11ClOS/c1-5(2)3-8(7)4-6/h5H,3-4H2,1-2H3. The topological polar surface area (TPSA) is 17.1 Å². The van der Waals surface area contributed by atoms with Gasteiger partial charge < -0.3 is 0 Å². The van der Waals surface area contributed by atoms with Gasteiger partial charge in [0, 0.05) is 16.6 Å².